The number of ether oxygens (including phenoxy) is 1. The van der Waals surface area contributed by atoms with Gasteiger partial charge in [0, 0.05) is 10.6 Å². The Kier molecular flexibility index (Phi) is 5.55. The van der Waals surface area contributed by atoms with Crippen molar-refractivity contribution < 1.29 is 23.8 Å². The number of fused-ring (bicyclic) bond motifs is 1. The van der Waals surface area contributed by atoms with E-state index in [4.69, 9.17) is 16.3 Å². The van der Waals surface area contributed by atoms with Gasteiger partial charge in [-0.15, -0.1) is 0 Å². The minimum absolute atomic E-state index is 0.123. The molecule has 6 nitrogen and oxygen atoms in total. The third-order valence-corrected chi connectivity index (χ3v) is 6.77. The van der Waals surface area contributed by atoms with E-state index in [0.717, 1.165) is 4.70 Å². The zero-order valence-corrected chi connectivity index (χ0v) is 19.2. The molecule has 3 aromatic carbocycles. The number of carbonyl (C=O) groups excluding carboxylic acids is 2. The number of aromatic nitrogens is 1. The van der Waals surface area contributed by atoms with Crippen molar-refractivity contribution in [2.45, 2.75) is 6.04 Å². The van der Waals surface area contributed by atoms with Crippen molar-refractivity contribution in [2.24, 2.45) is 0 Å². The summed E-state index contributed by atoms with van der Waals surface area (Å²) in [7, 11) is 1.48. The number of ketones is 1. The zero-order chi connectivity index (χ0) is 24.0. The third-order valence-electron chi connectivity index (χ3n) is 5.52. The van der Waals surface area contributed by atoms with Crippen molar-refractivity contribution in [3.8, 4) is 5.75 Å². The number of rotatable bonds is 4. The Morgan fingerprint density at radius 2 is 1.88 bits per heavy atom. The molecule has 1 amide bonds. The van der Waals surface area contributed by atoms with Crippen LogP contribution in [0.25, 0.3) is 16.0 Å². The first-order valence-corrected chi connectivity index (χ1v) is 11.3. The second kappa shape index (κ2) is 8.55. The highest BCUT2D eigenvalue weighted by Gasteiger charge is 2.48. The van der Waals surface area contributed by atoms with Crippen LogP contribution in [0.5, 0.6) is 5.75 Å². The summed E-state index contributed by atoms with van der Waals surface area (Å²) in [4.78, 5) is 32.2. The van der Waals surface area contributed by atoms with Gasteiger partial charge in [-0.2, -0.15) is 0 Å². The van der Waals surface area contributed by atoms with Crippen molar-refractivity contribution in [1.29, 1.82) is 0 Å². The van der Waals surface area contributed by atoms with Gasteiger partial charge in [0.1, 0.15) is 17.3 Å². The number of anilines is 1. The molecule has 1 aliphatic heterocycles. The molecule has 34 heavy (non-hydrogen) atoms. The Balaban J connectivity index is 1.73. The number of Topliss-reactive ketones (excluding diaryl/α,β-unsaturated/α-hetero) is 1. The fraction of sp³-hybridized carbons (Fsp3) is 0.0800. The van der Waals surface area contributed by atoms with E-state index in [1.165, 1.54) is 47.6 Å². The molecule has 1 fully saturated rings. The van der Waals surface area contributed by atoms with Crippen LogP contribution in [0, 0.1) is 5.82 Å². The molecule has 1 atom stereocenters. The molecular formula is C25H16ClFN2O4S. The third kappa shape index (κ3) is 3.70. The van der Waals surface area contributed by atoms with Crippen LogP contribution in [0.4, 0.5) is 9.52 Å². The number of thiazole rings is 1. The molecule has 4 aromatic rings. The van der Waals surface area contributed by atoms with Crippen LogP contribution in [-0.2, 0) is 9.59 Å². The fourth-order valence-electron chi connectivity index (χ4n) is 3.91. The average molecular weight is 495 g/mol. The zero-order valence-electron chi connectivity index (χ0n) is 17.7. The number of aliphatic hydroxyl groups is 1. The van der Waals surface area contributed by atoms with Gasteiger partial charge in [0.25, 0.3) is 5.78 Å². The van der Waals surface area contributed by atoms with Gasteiger partial charge >= 0.3 is 5.91 Å². The molecule has 0 radical (unpaired) electrons. The number of carbonyl (C=O) groups is 2. The van der Waals surface area contributed by atoms with Crippen molar-refractivity contribution in [2.75, 3.05) is 12.0 Å². The number of amides is 1. The highest BCUT2D eigenvalue weighted by atomic mass is 35.5. The first-order chi connectivity index (χ1) is 16.4. The summed E-state index contributed by atoms with van der Waals surface area (Å²) in [5, 5.41) is 11.9. The molecule has 9 heteroatoms. The van der Waals surface area contributed by atoms with E-state index in [9.17, 15) is 19.1 Å². The Bertz CT molecular complexity index is 1480. The lowest BCUT2D eigenvalue weighted by molar-refractivity contribution is -0.132. The van der Waals surface area contributed by atoms with Gasteiger partial charge in [0.05, 0.1) is 28.9 Å². The maximum atomic E-state index is 13.7. The van der Waals surface area contributed by atoms with Crippen LogP contribution in [-0.4, -0.2) is 28.9 Å². The lowest BCUT2D eigenvalue weighted by atomic mass is 9.95. The molecule has 0 bridgehead atoms. The standard InChI is InChI=1S/C25H16ClFN2O4S/c1-33-17-4-2-3-14(11-17)22(30)20-21(13-5-8-16(27)9-6-13)29(24(32)23(20)31)25-28-18-10-7-15(26)12-19(18)34-25/h2-12,21,30H,1H3. The summed E-state index contributed by atoms with van der Waals surface area (Å²) >= 11 is 7.28. The second-order valence-corrected chi connectivity index (χ2v) is 9.01. The maximum Gasteiger partial charge on any atom is 0.301 e. The van der Waals surface area contributed by atoms with Crippen LogP contribution < -0.4 is 9.64 Å². The van der Waals surface area contributed by atoms with Crippen LogP contribution in [0.15, 0.2) is 72.3 Å². The summed E-state index contributed by atoms with van der Waals surface area (Å²) in [6.07, 6.45) is 0. The SMILES string of the molecule is COc1cccc(C(O)=C2C(=O)C(=O)N(c3nc4ccc(Cl)cc4s3)C2c2ccc(F)cc2)c1. The van der Waals surface area contributed by atoms with Crippen molar-refractivity contribution in [3.05, 3.63) is 94.3 Å². The Labute approximate surface area is 202 Å². The molecule has 1 aromatic heterocycles. The Morgan fingerprint density at radius 1 is 1.12 bits per heavy atom. The fourth-order valence-corrected chi connectivity index (χ4v) is 5.17. The van der Waals surface area contributed by atoms with E-state index < -0.39 is 23.5 Å². The summed E-state index contributed by atoms with van der Waals surface area (Å²) in [5.74, 6) is -2.07. The van der Waals surface area contributed by atoms with Gasteiger partial charge in [0.2, 0.25) is 0 Å². The number of nitrogens with zero attached hydrogens (tertiary/aromatic N) is 2. The summed E-state index contributed by atoms with van der Waals surface area (Å²) in [5.41, 5.74) is 1.24. The van der Waals surface area contributed by atoms with Crippen LogP contribution in [0.3, 0.4) is 0 Å². The van der Waals surface area contributed by atoms with E-state index in [2.05, 4.69) is 4.98 Å². The molecule has 1 unspecified atom stereocenters. The maximum absolute atomic E-state index is 13.7. The van der Waals surface area contributed by atoms with Crippen LogP contribution >= 0.6 is 22.9 Å². The predicted octanol–water partition coefficient (Wildman–Crippen LogP) is 5.72. The van der Waals surface area contributed by atoms with Gasteiger partial charge in [-0.05, 0) is 48.0 Å². The largest absolute Gasteiger partial charge is 0.507 e. The van der Waals surface area contributed by atoms with E-state index in [1.807, 2.05) is 0 Å². The highest BCUT2D eigenvalue weighted by molar-refractivity contribution is 7.22. The molecule has 1 N–H and O–H groups in total. The second-order valence-electron chi connectivity index (χ2n) is 7.56. The number of hydrogen-bond acceptors (Lipinski definition) is 6. The Morgan fingerprint density at radius 3 is 2.62 bits per heavy atom. The lowest BCUT2D eigenvalue weighted by Crippen LogP contribution is -2.29. The normalized spacial score (nSPS) is 17.5. The molecule has 170 valence electrons. The number of methoxy groups -OCH3 is 1. The average Bonchev–Trinajstić information content (AvgIpc) is 3.37. The molecule has 1 saturated heterocycles. The quantitative estimate of drug-likeness (QED) is 0.223. The van der Waals surface area contributed by atoms with Crippen molar-refractivity contribution in [1.82, 2.24) is 4.98 Å². The monoisotopic (exact) mass is 494 g/mol. The lowest BCUT2D eigenvalue weighted by Gasteiger charge is -2.23. The van der Waals surface area contributed by atoms with E-state index in [1.54, 1.807) is 42.5 Å². The molecule has 1 aliphatic rings. The smallest absolute Gasteiger partial charge is 0.301 e. The predicted molar refractivity (Wildman–Crippen MR) is 129 cm³/mol. The highest BCUT2D eigenvalue weighted by Crippen LogP contribution is 2.44. The first kappa shape index (κ1) is 22.1. The molecule has 5 rings (SSSR count). The summed E-state index contributed by atoms with van der Waals surface area (Å²) in [6.45, 7) is 0. The minimum atomic E-state index is -1.01. The summed E-state index contributed by atoms with van der Waals surface area (Å²) < 4.78 is 19.6. The molecule has 0 aliphatic carbocycles. The molecular weight excluding hydrogens is 479 g/mol. The van der Waals surface area contributed by atoms with Gasteiger partial charge in [-0.1, -0.05) is 47.2 Å². The van der Waals surface area contributed by atoms with E-state index in [-0.39, 0.29) is 16.5 Å². The topological polar surface area (TPSA) is 79.7 Å². The first-order valence-electron chi connectivity index (χ1n) is 10.1. The van der Waals surface area contributed by atoms with Crippen LogP contribution in [0.2, 0.25) is 5.02 Å². The van der Waals surface area contributed by atoms with Crippen LogP contribution in [0.1, 0.15) is 17.2 Å². The Hall–Kier alpha value is -3.75. The minimum Gasteiger partial charge on any atom is -0.507 e. The van der Waals surface area contributed by atoms with Gasteiger partial charge in [-0.25, -0.2) is 9.37 Å². The number of aliphatic hydroxyl groups excluding tert-OH is 1. The molecule has 0 saturated carbocycles. The number of benzene rings is 3. The van der Waals surface area contributed by atoms with E-state index in [0.29, 0.717) is 27.4 Å². The molecule has 2 heterocycles. The number of hydrogen-bond donors (Lipinski definition) is 1. The van der Waals surface area contributed by atoms with Crippen molar-refractivity contribution in [3.63, 3.8) is 0 Å². The van der Waals surface area contributed by atoms with Gasteiger partial charge in [-0.3, -0.25) is 14.5 Å². The summed E-state index contributed by atoms with van der Waals surface area (Å²) in [6, 6.07) is 16.0. The van der Waals surface area contributed by atoms with E-state index >= 15 is 0 Å². The molecule has 0 spiro atoms. The van der Waals surface area contributed by atoms with Gasteiger partial charge in [0.15, 0.2) is 5.13 Å². The number of halogens is 2. The van der Waals surface area contributed by atoms with Gasteiger partial charge < -0.3 is 9.84 Å². The van der Waals surface area contributed by atoms with Crippen molar-refractivity contribution >= 4 is 55.7 Å².